The van der Waals surface area contributed by atoms with E-state index in [1.165, 1.54) is 5.56 Å². The summed E-state index contributed by atoms with van der Waals surface area (Å²) in [6.45, 7) is 11.8. The molecule has 1 N–H and O–H groups in total. The van der Waals surface area contributed by atoms with Gasteiger partial charge in [-0.1, -0.05) is 77.1 Å². The van der Waals surface area contributed by atoms with Crippen LogP contribution in [0.1, 0.15) is 88.7 Å². The first kappa shape index (κ1) is 36.3. The molecule has 1 aliphatic rings. The molecule has 0 fully saturated rings. The minimum Gasteiger partial charge on any atom is -0.346 e. The predicted molar refractivity (Wildman–Crippen MR) is 184 cm³/mol. The van der Waals surface area contributed by atoms with Gasteiger partial charge in [0.15, 0.2) is 17.3 Å². The van der Waals surface area contributed by atoms with Gasteiger partial charge in [0.25, 0.3) is 0 Å². The number of amides is 2. The topological polar surface area (TPSA) is 131 Å². The van der Waals surface area contributed by atoms with Crippen LogP contribution in [0.2, 0.25) is 0 Å². The first-order chi connectivity index (χ1) is 22.7. The number of Topliss-reactive ketones (excluding diaryl/α,β-unsaturated/α-hetero) is 4. The molecular formula is C39H47N3O6. The van der Waals surface area contributed by atoms with Crippen LogP contribution in [0.15, 0.2) is 60.8 Å². The highest BCUT2D eigenvalue weighted by molar-refractivity contribution is 6.38. The summed E-state index contributed by atoms with van der Waals surface area (Å²) in [6, 6.07) is 16.0. The molecule has 0 unspecified atom stereocenters. The van der Waals surface area contributed by atoms with Crippen LogP contribution in [0, 0.1) is 23.2 Å². The van der Waals surface area contributed by atoms with Gasteiger partial charge in [0, 0.05) is 61.8 Å². The number of ketones is 4. The fourth-order valence-corrected chi connectivity index (χ4v) is 6.26. The van der Waals surface area contributed by atoms with Gasteiger partial charge in [0.1, 0.15) is 0 Å². The van der Waals surface area contributed by atoms with E-state index in [-0.39, 0.29) is 49.1 Å². The molecule has 254 valence electrons. The molecule has 1 aromatic heterocycles. The Morgan fingerprint density at radius 1 is 0.854 bits per heavy atom. The smallest absolute Gasteiger partial charge is 0.224 e. The highest BCUT2D eigenvalue weighted by atomic mass is 16.2. The molecule has 0 aliphatic carbocycles. The lowest BCUT2D eigenvalue weighted by molar-refractivity contribution is -0.142. The Labute approximate surface area is 282 Å². The summed E-state index contributed by atoms with van der Waals surface area (Å²) >= 11 is 0. The number of nitrogens with zero attached hydrogens (tertiary/aromatic N) is 2. The maximum atomic E-state index is 13.6. The molecule has 2 amide bonds. The van der Waals surface area contributed by atoms with Crippen LogP contribution >= 0.6 is 0 Å². The van der Waals surface area contributed by atoms with Gasteiger partial charge in [-0.3, -0.25) is 33.8 Å². The molecule has 0 spiro atoms. The summed E-state index contributed by atoms with van der Waals surface area (Å²) in [5.41, 5.74) is 2.87. The molecule has 48 heavy (non-hydrogen) atoms. The Hall–Kier alpha value is -4.53. The number of para-hydroxylation sites is 1. The second kappa shape index (κ2) is 15.6. The minimum atomic E-state index is -0.938. The first-order valence-corrected chi connectivity index (χ1v) is 16.8. The molecule has 2 aromatic carbocycles. The van der Waals surface area contributed by atoms with E-state index >= 15 is 0 Å². The molecule has 9 nitrogen and oxygen atoms in total. The molecule has 2 heterocycles. The predicted octanol–water partition coefficient (Wildman–Crippen LogP) is 5.71. The summed E-state index contributed by atoms with van der Waals surface area (Å²) in [5.74, 6) is -4.45. The number of pyridine rings is 1. The molecule has 0 bridgehead atoms. The van der Waals surface area contributed by atoms with Crippen LogP contribution in [0.25, 0.3) is 10.9 Å². The quantitative estimate of drug-likeness (QED) is 0.174. The average molecular weight is 654 g/mol. The molecular weight excluding hydrogens is 606 g/mol. The maximum absolute atomic E-state index is 13.6. The summed E-state index contributed by atoms with van der Waals surface area (Å²) in [5, 5.41) is 3.49. The van der Waals surface area contributed by atoms with E-state index in [4.69, 9.17) is 0 Å². The minimum absolute atomic E-state index is 0.0610. The fraction of sp³-hybridized carbons (Fsp3) is 0.462. The van der Waals surface area contributed by atoms with Crippen molar-refractivity contribution in [3.8, 4) is 0 Å². The summed E-state index contributed by atoms with van der Waals surface area (Å²) in [4.78, 5) is 85.5. The van der Waals surface area contributed by atoms with Crippen LogP contribution in [-0.4, -0.2) is 57.4 Å². The molecule has 1 aliphatic heterocycles. The van der Waals surface area contributed by atoms with Gasteiger partial charge in [-0.15, -0.1) is 0 Å². The Morgan fingerprint density at radius 2 is 1.52 bits per heavy atom. The second-order valence-electron chi connectivity index (χ2n) is 14.3. The number of fused-ring (bicyclic) bond motifs is 2. The van der Waals surface area contributed by atoms with E-state index < -0.39 is 40.8 Å². The van der Waals surface area contributed by atoms with Crippen LogP contribution in [0.4, 0.5) is 0 Å². The van der Waals surface area contributed by atoms with Crippen molar-refractivity contribution in [2.24, 2.45) is 23.2 Å². The van der Waals surface area contributed by atoms with Gasteiger partial charge < -0.3 is 10.2 Å². The van der Waals surface area contributed by atoms with E-state index in [0.29, 0.717) is 29.6 Å². The van der Waals surface area contributed by atoms with Gasteiger partial charge in [-0.25, -0.2) is 0 Å². The van der Waals surface area contributed by atoms with Gasteiger partial charge in [-0.2, -0.15) is 0 Å². The van der Waals surface area contributed by atoms with Crippen molar-refractivity contribution < 1.29 is 28.8 Å². The molecule has 4 rings (SSSR count). The van der Waals surface area contributed by atoms with Crippen LogP contribution in [0.5, 0.6) is 0 Å². The number of hydrogen-bond acceptors (Lipinski definition) is 7. The number of carbonyl (C=O) groups is 6. The maximum Gasteiger partial charge on any atom is 0.224 e. The first-order valence-electron chi connectivity index (χ1n) is 16.8. The third-order valence-electron chi connectivity index (χ3n) is 9.43. The third kappa shape index (κ3) is 8.88. The van der Waals surface area contributed by atoms with Crippen molar-refractivity contribution in [3.63, 3.8) is 0 Å². The normalized spacial score (nSPS) is 14.9. The van der Waals surface area contributed by atoms with Crippen molar-refractivity contribution >= 4 is 45.9 Å². The zero-order valence-electron chi connectivity index (χ0n) is 28.9. The number of carbonyl (C=O) groups excluding carboxylic acids is 6. The summed E-state index contributed by atoms with van der Waals surface area (Å²) < 4.78 is 0. The van der Waals surface area contributed by atoms with Gasteiger partial charge in [0.2, 0.25) is 17.6 Å². The highest BCUT2D eigenvalue weighted by Gasteiger charge is 2.36. The molecule has 0 saturated heterocycles. The van der Waals surface area contributed by atoms with E-state index in [2.05, 4.69) is 16.4 Å². The molecule has 3 aromatic rings. The number of hydrogen-bond donors (Lipinski definition) is 1. The lowest BCUT2D eigenvalue weighted by Crippen LogP contribution is -2.46. The molecule has 3 atom stereocenters. The Bertz CT molecular complexity index is 1700. The SMILES string of the molecule is CC(C)[C@H](CC(=O)[C@H](C)NC(=O)[C@@H](CC(=O)c1ccnc2ccccc12)C(C)(C)C)C(=O)C(=O)CCC(=O)N1CCc2ccccc2C1. The highest BCUT2D eigenvalue weighted by Crippen LogP contribution is 2.32. The third-order valence-corrected chi connectivity index (χ3v) is 9.43. The Balaban J connectivity index is 1.34. The second-order valence-corrected chi connectivity index (χ2v) is 14.3. The Morgan fingerprint density at radius 3 is 2.21 bits per heavy atom. The van der Waals surface area contributed by atoms with Crippen molar-refractivity contribution in [2.75, 3.05) is 6.54 Å². The van der Waals surface area contributed by atoms with E-state index in [9.17, 15) is 28.8 Å². The van der Waals surface area contributed by atoms with Crippen LogP contribution < -0.4 is 5.32 Å². The summed E-state index contributed by atoms with van der Waals surface area (Å²) in [6.07, 6.45) is 1.76. The van der Waals surface area contributed by atoms with Gasteiger partial charge in [-0.05, 0) is 47.9 Å². The lowest BCUT2D eigenvalue weighted by Gasteiger charge is -2.30. The van der Waals surface area contributed by atoms with Crippen molar-refractivity contribution in [3.05, 3.63) is 77.5 Å². The van der Waals surface area contributed by atoms with Crippen molar-refractivity contribution in [1.29, 1.82) is 0 Å². The molecule has 0 saturated carbocycles. The number of rotatable bonds is 14. The van der Waals surface area contributed by atoms with E-state index in [1.54, 1.807) is 37.9 Å². The summed E-state index contributed by atoms with van der Waals surface area (Å²) in [7, 11) is 0. The van der Waals surface area contributed by atoms with Crippen molar-refractivity contribution in [2.45, 2.75) is 86.2 Å². The number of benzene rings is 2. The lowest BCUT2D eigenvalue weighted by atomic mass is 9.76. The van der Waals surface area contributed by atoms with Crippen LogP contribution in [-0.2, 0) is 36.9 Å². The monoisotopic (exact) mass is 653 g/mol. The van der Waals surface area contributed by atoms with E-state index in [0.717, 1.165) is 12.0 Å². The Kier molecular flexibility index (Phi) is 11.8. The largest absolute Gasteiger partial charge is 0.346 e. The fourth-order valence-electron chi connectivity index (χ4n) is 6.26. The molecule has 9 heteroatoms. The number of aromatic nitrogens is 1. The van der Waals surface area contributed by atoms with Gasteiger partial charge >= 0.3 is 0 Å². The molecule has 0 radical (unpaired) electrons. The van der Waals surface area contributed by atoms with E-state index in [1.807, 2.05) is 63.2 Å². The zero-order chi connectivity index (χ0) is 35.2. The van der Waals surface area contributed by atoms with Crippen LogP contribution in [0.3, 0.4) is 0 Å². The standard InChI is InChI=1S/C39H47N3O6/c1-24(2)30(37(47)33(43)15-16-36(46)42-20-18-26-11-7-8-12-27(26)23-42)21-34(44)25(3)41-38(48)31(39(4,5)6)22-35(45)29-17-19-40-32-14-10-9-13-28(29)32/h7-14,17,19,24-25,30-31H,15-16,18,20-23H2,1-6H3,(H,41,48)/t25-,30-,31+/m0/s1. The number of nitrogens with one attached hydrogen (secondary N) is 1. The zero-order valence-corrected chi connectivity index (χ0v) is 28.9. The van der Waals surface area contributed by atoms with Gasteiger partial charge in [0.05, 0.1) is 17.5 Å². The average Bonchev–Trinajstić information content (AvgIpc) is 3.06. The van der Waals surface area contributed by atoms with Crippen molar-refractivity contribution in [1.82, 2.24) is 15.2 Å².